The number of benzene rings is 2. The summed E-state index contributed by atoms with van der Waals surface area (Å²) in [7, 11) is 0. The van der Waals surface area contributed by atoms with E-state index >= 15 is 0 Å². The summed E-state index contributed by atoms with van der Waals surface area (Å²) in [5.41, 5.74) is 1.97. The minimum atomic E-state index is -0.997. The van der Waals surface area contributed by atoms with E-state index in [0.29, 0.717) is 11.1 Å². The number of ketones is 1. The third-order valence-corrected chi connectivity index (χ3v) is 3.85. The fourth-order valence-electron chi connectivity index (χ4n) is 2.56. The highest BCUT2D eigenvalue weighted by Crippen LogP contribution is 2.22. The largest absolute Gasteiger partial charge is 0.481 e. The van der Waals surface area contributed by atoms with E-state index in [2.05, 4.69) is 5.10 Å². The number of hydrogen-bond donors (Lipinski definition) is 1. The Bertz CT molecular complexity index is 825. The monoisotopic (exact) mass is 320 g/mol. The zero-order chi connectivity index (χ0) is 16.9. The number of carbonyl (C=O) groups excluding carboxylic acids is 1. The lowest BCUT2D eigenvalue weighted by Gasteiger charge is -2.12. The van der Waals surface area contributed by atoms with Crippen molar-refractivity contribution < 1.29 is 14.7 Å². The van der Waals surface area contributed by atoms with Crippen molar-refractivity contribution in [3.63, 3.8) is 0 Å². The minimum Gasteiger partial charge on any atom is -0.481 e. The Balaban J connectivity index is 1.77. The zero-order valence-corrected chi connectivity index (χ0v) is 12.9. The molecule has 24 heavy (non-hydrogen) atoms. The fourth-order valence-corrected chi connectivity index (χ4v) is 2.56. The average molecular weight is 320 g/mol. The van der Waals surface area contributed by atoms with E-state index in [0.717, 1.165) is 5.69 Å². The molecular weight excluding hydrogens is 304 g/mol. The van der Waals surface area contributed by atoms with Crippen molar-refractivity contribution in [2.45, 2.75) is 12.3 Å². The van der Waals surface area contributed by atoms with Gasteiger partial charge in [0.25, 0.3) is 0 Å². The van der Waals surface area contributed by atoms with E-state index in [4.69, 9.17) is 0 Å². The first-order valence-electron chi connectivity index (χ1n) is 7.56. The summed E-state index contributed by atoms with van der Waals surface area (Å²) in [4.78, 5) is 24.0. The SMILES string of the molecule is O=C(CC(C(=O)O)c1ccccc1)c1ccc(-n2cccn2)cc1. The van der Waals surface area contributed by atoms with Gasteiger partial charge in [-0.2, -0.15) is 5.10 Å². The minimum absolute atomic E-state index is 0.0690. The van der Waals surface area contributed by atoms with Crippen LogP contribution in [0.2, 0.25) is 0 Å². The Kier molecular flexibility index (Phi) is 4.52. The lowest BCUT2D eigenvalue weighted by atomic mass is 9.91. The van der Waals surface area contributed by atoms with Gasteiger partial charge in [0.2, 0.25) is 0 Å². The van der Waals surface area contributed by atoms with E-state index < -0.39 is 11.9 Å². The summed E-state index contributed by atoms with van der Waals surface area (Å²) in [6.45, 7) is 0. The van der Waals surface area contributed by atoms with Crippen molar-refractivity contribution >= 4 is 11.8 Å². The van der Waals surface area contributed by atoms with E-state index in [1.165, 1.54) is 0 Å². The molecule has 120 valence electrons. The van der Waals surface area contributed by atoms with E-state index in [-0.39, 0.29) is 12.2 Å². The van der Waals surface area contributed by atoms with Gasteiger partial charge in [0.05, 0.1) is 11.6 Å². The van der Waals surface area contributed by atoms with Gasteiger partial charge in [-0.1, -0.05) is 30.3 Å². The predicted octanol–water partition coefficient (Wildman–Crippen LogP) is 3.31. The molecule has 1 atom stereocenters. The number of carboxylic acid groups (broad SMARTS) is 1. The first kappa shape index (κ1) is 15.7. The van der Waals surface area contributed by atoms with Crippen molar-refractivity contribution in [3.05, 3.63) is 84.2 Å². The first-order valence-corrected chi connectivity index (χ1v) is 7.56. The Morgan fingerprint density at radius 3 is 2.29 bits per heavy atom. The number of hydrogen-bond acceptors (Lipinski definition) is 3. The molecule has 0 aliphatic heterocycles. The van der Waals surface area contributed by atoms with Gasteiger partial charge in [0, 0.05) is 24.4 Å². The number of aromatic nitrogens is 2. The molecule has 0 fully saturated rings. The zero-order valence-electron chi connectivity index (χ0n) is 12.9. The van der Waals surface area contributed by atoms with Gasteiger partial charge in [-0.25, -0.2) is 4.68 Å². The molecule has 5 nitrogen and oxygen atoms in total. The molecule has 0 saturated carbocycles. The molecule has 1 N–H and O–H groups in total. The number of carbonyl (C=O) groups is 2. The first-order chi connectivity index (χ1) is 11.6. The van der Waals surface area contributed by atoms with Crippen molar-refractivity contribution in [1.82, 2.24) is 9.78 Å². The molecule has 0 saturated heterocycles. The number of Topliss-reactive ketones (excluding diaryl/α,β-unsaturated/α-hetero) is 1. The Labute approximate surface area is 139 Å². The number of carboxylic acids is 1. The van der Waals surface area contributed by atoms with Crippen LogP contribution < -0.4 is 0 Å². The summed E-state index contributed by atoms with van der Waals surface area (Å²) >= 11 is 0. The third kappa shape index (κ3) is 3.41. The Morgan fingerprint density at radius 2 is 1.71 bits per heavy atom. The van der Waals surface area contributed by atoms with Crippen LogP contribution in [0.5, 0.6) is 0 Å². The van der Waals surface area contributed by atoms with Gasteiger partial charge in [-0.3, -0.25) is 9.59 Å². The second kappa shape index (κ2) is 6.91. The third-order valence-electron chi connectivity index (χ3n) is 3.85. The highest BCUT2D eigenvalue weighted by Gasteiger charge is 2.23. The van der Waals surface area contributed by atoms with E-state index in [1.807, 2.05) is 18.3 Å². The quantitative estimate of drug-likeness (QED) is 0.707. The van der Waals surface area contributed by atoms with E-state index in [1.54, 1.807) is 59.4 Å². The van der Waals surface area contributed by atoms with Crippen LogP contribution in [0.4, 0.5) is 0 Å². The lowest BCUT2D eigenvalue weighted by Crippen LogP contribution is -2.16. The lowest BCUT2D eigenvalue weighted by molar-refractivity contribution is -0.138. The van der Waals surface area contributed by atoms with Crippen LogP contribution in [-0.4, -0.2) is 26.6 Å². The molecule has 0 spiro atoms. The second-order valence-electron chi connectivity index (χ2n) is 5.43. The molecule has 1 aromatic heterocycles. The molecule has 1 heterocycles. The van der Waals surface area contributed by atoms with Crippen molar-refractivity contribution in [1.29, 1.82) is 0 Å². The maximum atomic E-state index is 12.4. The van der Waals surface area contributed by atoms with Crippen LogP contribution in [0, 0.1) is 0 Å². The summed E-state index contributed by atoms with van der Waals surface area (Å²) in [5.74, 6) is -2.04. The van der Waals surface area contributed by atoms with Crippen molar-refractivity contribution in [2.24, 2.45) is 0 Å². The summed E-state index contributed by atoms with van der Waals surface area (Å²) < 4.78 is 1.69. The van der Waals surface area contributed by atoms with E-state index in [9.17, 15) is 14.7 Å². The molecule has 2 aromatic carbocycles. The molecule has 5 heteroatoms. The normalized spacial score (nSPS) is 11.8. The smallest absolute Gasteiger partial charge is 0.311 e. The Morgan fingerprint density at radius 1 is 1.00 bits per heavy atom. The van der Waals surface area contributed by atoms with Crippen LogP contribution in [-0.2, 0) is 4.79 Å². The van der Waals surface area contributed by atoms with Crippen LogP contribution in [0.3, 0.4) is 0 Å². The molecule has 0 aliphatic carbocycles. The number of aliphatic carboxylic acids is 1. The summed E-state index contributed by atoms with van der Waals surface area (Å²) in [6.07, 6.45) is 3.42. The van der Waals surface area contributed by atoms with Crippen molar-refractivity contribution in [3.8, 4) is 5.69 Å². The van der Waals surface area contributed by atoms with Crippen molar-refractivity contribution in [2.75, 3.05) is 0 Å². The van der Waals surface area contributed by atoms with Crippen LogP contribution in [0.15, 0.2) is 73.1 Å². The van der Waals surface area contributed by atoms with Gasteiger partial charge in [-0.15, -0.1) is 0 Å². The fraction of sp³-hybridized carbons (Fsp3) is 0.105. The average Bonchev–Trinajstić information content (AvgIpc) is 3.15. The highest BCUT2D eigenvalue weighted by molar-refractivity contribution is 5.99. The molecule has 0 radical (unpaired) electrons. The summed E-state index contributed by atoms with van der Waals surface area (Å²) in [6, 6.07) is 17.6. The molecule has 3 aromatic rings. The van der Waals surface area contributed by atoms with Gasteiger partial charge in [-0.05, 0) is 35.9 Å². The topological polar surface area (TPSA) is 72.2 Å². The highest BCUT2D eigenvalue weighted by atomic mass is 16.4. The van der Waals surface area contributed by atoms with Gasteiger partial charge in [0.15, 0.2) is 5.78 Å². The Hall–Kier alpha value is -3.21. The molecule has 0 bridgehead atoms. The second-order valence-corrected chi connectivity index (χ2v) is 5.43. The molecule has 3 rings (SSSR count). The predicted molar refractivity (Wildman–Crippen MR) is 89.3 cm³/mol. The number of rotatable bonds is 6. The molecule has 0 amide bonds. The molecule has 1 unspecified atom stereocenters. The van der Waals surface area contributed by atoms with Gasteiger partial charge < -0.3 is 5.11 Å². The summed E-state index contributed by atoms with van der Waals surface area (Å²) in [5, 5.41) is 13.6. The molecular formula is C19H16N2O3. The van der Waals surface area contributed by atoms with Crippen LogP contribution in [0.1, 0.15) is 28.3 Å². The molecule has 0 aliphatic rings. The van der Waals surface area contributed by atoms with Crippen LogP contribution >= 0.6 is 0 Å². The van der Waals surface area contributed by atoms with Crippen LogP contribution in [0.25, 0.3) is 5.69 Å². The van der Waals surface area contributed by atoms with Gasteiger partial charge >= 0.3 is 5.97 Å². The van der Waals surface area contributed by atoms with Gasteiger partial charge in [0.1, 0.15) is 0 Å². The maximum absolute atomic E-state index is 12.4. The number of nitrogens with zero attached hydrogens (tertiary/aromatic N) is 2. The standard InChI is InChI=1S/C19H16N2O3/c22-18(13-17(19(23)24)14-5-2-1-3-6-14)15-7-9-16(10-8-15)21-12-4-11-20-21/h1-12,17H,13H2,(H,23,24). The maximum Gasteiger partial charge on any atom is 0.311 e.